The van der Waals surface area contributed by atoms with Gasteiger partial charge in [0, 0.05) is 0 Å². The van der Waals surface area contributed by atoms with Crippen molar-refractivity contribution in [2.75, 3.05) is 0 Å². The lowest BCUT2D eigenvalue weighted by molar-refractivity contribution is -0.141. The fraction of sp³-hybridized carbons (Fsp3) is 0.278. The number of carboxylic acids is 1. The van der Waals surface area contributed by atoms with E-state index in [1.54, 1.807) is 0 Å². The van der Waals surface area contributed by atoms with E-state index >= 15 is 0 Å². The van der Waals surface area contributed by atoms with Crippen LogP contribution in [0.2, 0.25) is 0 Å². The Balaban J connectivity index is 1.85. The summed E-state index contributed by atoms with van der Waals surface area (Å²) in [5, 5.41) is 9.33. The fourth-order valence-electron chi connectivity index (χ4n) is 2.41. The summed E-state index contributed by atoms with van der Waals surface area (Å²) in [6.07, 6.45) is 3.19. The normalized spacial score (nSPS) is 12.0. The maximum Gasteiger partial charge on any atom is 0.306 e. The molecule has 0 aliphatic rings. The molecule has 2 heteroatoms. The first-order valence-corrected chi connectivity index (χ1v) is 7.06. The minimum absolute atomic E-state index is 0.291. The zero-order chi connectivity index (χ0) is 14.2. The van der Waals surface area contributed by atoms with Gasteiger partial charge in [0.2, 0.25) is 0 Å². The maximum atomic E-state index is 11.3. The highest BCUT2D eigenvalue weighted by atomic mass is 16.4. The van der Waals surface area contributed by atoms with Gasteiger partial charge in [-0.05, 0) is 36.8 Å². The zero-order valence-electron chi connectivity index (χ0n) is 11.5. The van der Waals surface area contributed by atoms with Crippen LogP contribution in [-0.4, -0.2) is 11.1 Å². The van der Waals surface area contributed by atoms with Crippen LogP contribution in [0.4, 0.5) is 0 Å². The fourth-order valence-corrected chi connectivity index (χ4v) is 2.41. The first kappa shape index (κ1) is 14.3. The smallest absolute Gasteiger partial charge is 0.306 e. The third-order valence-electron chi connectivity index (χ3n) is 3.54. The standard InChI is InChI=1S/C18H20O2/c19-18(20)17(14-16-10-5-2-6-11-16)13-7-12-15-8-3-1-4-9-15/h1-6,8-11,17H,7,12-14H2,(H,19,20)/t17-/m0/s1. The molecule has 1 atom stereocenters. The Labute approximate surface area is 120 Å². The lowest BCUT2D eigenvalue weighted by atomic mass is 9.93. The van der Waals surface area contributed by atoms with Crippen LogP contribution in [0, 0.1) is 5.92 Å². The minimum atomic E-state index is -0.693. The van der Waals surface area contributed by atoms with Crippen molar-refractivity contribution in [3.05, 3.63) is 71.8 Å². The molecule has 2 aromatic rings. The Morgan fingerprint density at radius 1 is 0.900 bits per heavy atom. The molecule has 0 aliphatic carbocycles. The van der Waals surface area contributed by atoms with Gasteiger partial charge >= 0.3 is 5.97 Å². The van der Waals surface area contributed by atoms with E-state index in [9.17, 15) is 9.90 Å². The summed E-state index contributed by atoms with van der Waals surface area (Å²) in [6, 6.07) is 20.1. The van der Waals surface area contributed by atoms with Crippen molar-refractivity contribution in [1.29, 1.82) is 0 Å². The van der Waals surface area contributed by atoms with Crippen LogP contribution in [0.15, 0.2) is 60.7 Å². The summed E-state index contributed by atoms with van der Waals surface area (Å²) >= 11 is 0. The molecule has 0 amide bonds. The van der Waals surface area contributed by atoms with E-state index in [4.69, 9.17) is 0 Å². The first-order chi connectivity index (χ1) is 9.75. The second kappa shape index (κ2) is 7.49. The molecule has 2 aromatic carbocycles. The van der Waals surface area contributed by atoms with Crippen molar-refractivity contribution in [2.24, 2.45) is 5.92 Å². The van der Waals surface area contributed by atoms with Gasteiger partial charge in [-0.1, -0.05) is 60.7 Å². The molecule has 0 heterocycles. The number of rotatable bonds is 7. The number of hydrogen-bond acceptors (Lipinski definition) is 1. The molecule has 0 aromatic heterocycles. The highest BCUT2D eigenvalue weighted by Crippen LogP contribution is 2.16. The van der Waals surface area contributed by atoms with Crippen molar-refractivity contribution in [2.45, 2.75) is 25.7 Å². The van der Waals surface area contributed by atoms with Crippen LogP contribution in [-0.2, 0) is 17.6 Å². The van der Waals surface area contributed by atoms with Crippen LogP contribution < -0.4 is 0 Å². The van der Waals surface area contributed by atoms with Crippen molar-refractivity contribution in [3.63, 3.8) is 0 Å². The lowest BCUT2D eigenvalue weighted by Gasteiger charge is -2.12. The molecule has 2 rings (SSSR count). The molecular weight excluding hydrogens is 248 g/mol. The first-order valence-electron chi connectivity index (χ1n) is 7.06. The second-order valence-corrected chi connectivity index (χ2v) is 5.10. The third kappa shape index (κ3) is 4.54. The zero-order valence-corrected chi connectivity index (χ0v) is 11.5. The summed E-state index contributed by atoms with van der Waals surface area (Å²) in [4.78, 5) is 11.3. The summed E-state index contributed by atoms with van der Waals surface area (Å²) in [5.74, 6) is -0.983. The van der Waals surface area contributed by atoms with Gasteiger partial charge in [-0.2, -0.15) is 0 Å². The molecule has 0 spiro atoms. The molecule has 104 valence electrons. The van der Waals surface area contributed by atoms with E-state index in [1.807, 2.05) is 48.5 Å². The highest BCUT2D eigenvalue weighted by Gasteiger charge is 2.17. The maximum absolute atomic E-state index is 11.3. The van der Waals surface area contributed by atoms with Crippen LogP contribution in [0.1, 0.15) is 24.0 Å². The van der Waals surface area contributed by atoms with Crippen LogP contribution >= 0.6 is 0 Å². The monoisotopic (exact) mass is 268 g/mol. The lowest BCUT2D eigenvalue weighted by Crippen LogP contribution is -2.16. The molecule has 0 saturated heterocycles. The van der Waals surface area contributed by atoms with Gasteiger partial charge in [0.05, 0.1) is 5.92 Å². The van der Waals surface area contributed by atoms with Crippen LogP contribution in [0.25, 0.3) is 0 Å². The number of carbonyl (C=O) groups is 1. The number of benzene rings is 2. The van der Waals surface area contributed by atoms with Crippen molar-refractivity contribution < 1.29 is 9.90 Å². The van der Waals surface area contributed by atoms with E-state index in [-0.39, 0.29) is 5.92 Å². The average molecular weight is 268 g/mol. The Morgan fingerprint density at radius 2 is 1.45 bits per heavy atom. The van der Waals surface area contributed by atoms with Crippen molar-refractivity contribution >= 4 is 5.97 Å². The number of carboxylic acid groups (broad SMARTS) is 1. The summed E-state index contributed by atoms with van der Waals surface area (Å²) in [7, 11) is 0. The predicted octanol–water partition coefficient (Wildman–Crippen LogP) is 3.95. The largest absolute Gasteiger partial charge is 0.481 e. The Kier molecular flexibility index (Phi) is 5.36. The van der Waals surface area contributed by atoms with Gasteiger partial charge < -0.3 is 5.11 Å². The van der Waals surface area contributed by atoms with Gasteiger partial charge in [-0.15, -0.1) is 0 Å². The topological polar surface area (TPSA) is 37.3 Å². The van der Waals surface area contributed by atoms with Crippen molar-refractivity contribution in [3.8, 4) is 0 Å². The average Bonchev–Trinajstić information content (AvgIpc) is 2.48. The molecule has 0 unspecified atom stereocenters. The van der Waals surface area contributed by atoms with Gasteiger partial charge in [0.1, 0.15) is 0 Å². The number of hydrogen-bond donors (Lipinski definition) is 1. The molecule has 20 heavy (non-hydrogen) atoms. The van der Waals surface area contributed by atoms with E-state index in [1.165, 1.54) is 5.56 Å². The Hall–Kier alpha value is -2.09. The van der Waals surface area contributed by atoms with Gasteiger partial charge in [-0.25, -0.2) is 0 Å². The van der Waals surface area contributed by atoms with Crippen molar-refractivity contribution in [1.82, 2.24) is 0 Å². The van der Waals surface area contributed by atoms with Gasteiger partial charge in [0.25, 0.3) is 0 Å². The molecular formula is C18H20O2. The molecule has 0 saturated carbocycles. The van der Waals surface area contributed by atoms with E-state index in [0.717, 1.165) is 24.8 Å². The quantitative estimate of drug-likeness (QED) is 0.825. The minimum Gasteiger partial charge on any atom is -0.481 e. The molecule has 0 bridgehead atoms. The molecule has 2 nitrogen and oxygen atoms in total. The molecule has 1 N–H and O–H groups in total. The summed E-state index contributed by atoms with van der Waals surface area (Å²) in [5.41, 5.74) is 2.37. The Morgan fingerprint density at radius 3 is 2.00 bits per heavy atom. The number of aryl methyl sites for hydroxylation is 1. The second-order valence-electron chi connectivity index (χ2n) is 5.10. The van der Waals surface area contributed by atoms with E-state index in [2.05, 4.69) is 12.1 Å². The Bertz CT molecular complexity index is 520. The SMILES string of the molecule is O=C(O)[C@@H](CCCc1ccccc1)Cc1ccccc1. The van der Waals surface area contributed by atoms with Gasteiger partial charge in [-0.3, -0.25) is 4.79 Å². The molecule has 0 fully saturated rings. The summed E-state index contributed by atoms with van der Waals surface area (Å²) < 4.78 is 0. The summed E-state index contributed by atoms with van der Waals surface area (Å²) in [6.45, 7) is 0. The highest BCUT2D eigenvalue weighted by molar-refractivity contribution is 5.70. The predicted molar refractivity (Wildman–Crippen MR) is 80.7 cm³/mol. The van der Waals surface area contributed by atoms with Gasteiger partial charge in [0.15, 0.2) is 0 Å². The van der Waals surface area contributed by atoms with Crippen LogP contribution in [0.3, 0.4) is 0 Å². The third-order valence-corrected chi connectivity index (χ3v) is 3.54. The van der Waals surface area contributed by atoms with E-state index < -0.39 is 5.97 Å². The van der Waals surface area contributed by atoms with E-state index in [0.29, 0.717) is 6.42 Å². The molecule has 0 aliphatic heterocycles. The number of aliphatic carboxylic acids is 1. The van der Waals surface area contributed by atoms with Crippen LogP contribution in [0.5, 0.6) is 0 Å². The molecule has 0 radical (unpaired) electrons.